The number of carbonyl (C=O) groups excluding carboxylic acids is 1. The van der Waals surface area contributed by atoms with Crippen LogP contribution in [0.5, 0.6) is 0 Å². The van der Waals surface area contributed by atoms with Crippen LogP contribution in [0.4, 0.5) is 32.0 Å². The molecule has 2 aromatic rings. The molecule has 0 aliphatic carbocycles. The van der Waals surface area contributed by atoms with Gasteiger partial charge in [-0.05, 0) is 18.2 Å². The van der Waals surface area contributed by atoms with Crippen molar-refractivity contribution in [3.8, 4) is 0 Å². The summed E-state index contributed by atoms with van der Waals surface area (Å²) in [5.74, 6) is -0.246. The van der Waals surface area contributed by atoms with Gasteiger partial charge in [0.25, 0.3) is 5.91 Å². The first-order valence-electron chi connectivity index (χ1n) is 10.9. The predicted octanol–water partition coefficient (Wildman–Crippen LogP) is 4.14. The number of carbonyl (C=O) groups is 1. The van der Waals surface area contributed by atoms with Crippen LogP contribution in [-0.2, 0) is 28.3 Å². The maximum Gasteiger partial charge on any atom is 0.416 e. The van der Waals surface area contributed by atoms with E-state index in [9.17, 15) is 31.1 Å². The topological polar surface area (TPSA) is 82.1 Å². The van der Waals surface area contributed by atoms with Gasteiger partial charge in [0.15, 0.2) is 6.10 Å². The maximum absolute atomic E-state index is 13.3. The number of rotatable bonds is 9. The van der Waals surface area contributed by atoms with E-state index in [1.165, 1.54) is 23.8 Å². The van der Waals surface area contributed by atoms with E-state index < -0.39 is 29.6 Å². The molecule has 0 radical (unpaired) electrons. The molecule has 1 aromatic heterocycles. The van der Waals surface area contributed by atoms with Crippen molar-refractivity contribution in [1.29, 1.82) is 0 Å². The molecule has 1 saturated heterocycles. The van der Waals surface area contributed by atoms with Crippen LogP contribution in [0.2, 0.25) is 0 Å². The molecule has 2 unspecified atom stereocenters. The van der Waals surface area contributed by atoms with E-state index in [-0.39, 0.29) is 35.9 Å². The number of ether oxygens (including phenoxy) is 1. The van der Waals surface area contributed by atoms with E-state index in [1.54, 1.807) is 5.51 Å². The van der Waals surface area contributed by atoms with Gasteiger partial charge in [-0.3, -0.25) is 9.79 Å². The predicted molar refractivity (Wildman–Crippen MR) is 125 cm³/mol. The lowest BCUT2D eigenvalue weighted by molar-refractivity contribution is -0.143. The van der Waals surface area contributed by atoms with E-state index in [0.717, 1.165) is 10.6 Å². The molecule has 1 amide bonds. The highest BCUT2D eigenvalue weighted by molar-refractivity contribution is 7.07. The molecule has 2 aliphatic heterocycles. The number of benzene rings is 1. The molecule has 1 aromatic carbocycles. The third-order valence-electron chi connectivity index (χ3n) is 5.43. The Bertz CT molecular complexity index is 1170. The average Bonchev–Trinajstić information content (AvgIpc) is 3.56. The van der Waals surface area contributed by atoms with Crippen LogP contribution in [0.3, 0.4) is 0 Å². The van der Waals surface area contributed by atoms with Crippen molar-refractivity contribution in [2.45, 2.75) is 30.9 Å². The molecule has 1 fully saturated rings. The minimum absolute atomic E-state index is 0.0694. The minimum Gasteiger partial charge on any atom is -0.363 e. The van der Waals surface area contributed by atoms with Gasteiger partial charge in [-0.25, -0.2) is 4.98 Å². The average molecular weight is 546 g/mol. The molecule has 37 heavy (non-hydrogen) atoms. The third kappa shape index (κ3) is 7.17. The Kier molecular flexibility index (Phi) is 7.71. The van der Waals surface area contributed by atoms with Crippen LogP contribution in [0, 0.1) is 0 Å². The van der Waals surface area contributed by atoms with Crippen molar-refractivity contribution < 1.29 is 35.9 Å². The first-order valence-corrected chi connectivity index (χ1v) is 11.9. The third-order valence-corrected chi connectivity index (χ3v) is 6.06. The number of thiazole rings is 1. The molecule has 2 N–H and O–H groups in total. The number of aliphatic imine (C=N–C) groups is 1. The first-order chi connectivity index (χ1) is 17.4. The summed E-state index contributed by atoms with van der Waals surface area (Å²) in [5.41, 5.74) is -0.323. The summed E-state index contributed by atoms with van der Waals surface area (Å²) in [7, 11) is 0. The number of anilines is 1. The van der Waals surface area contributed by atoms with Gasteiger partial charge in [-0.1, -0.05) is 6.58 Å². The first kappa shape index (κ1) is 26.8. The zero-order valence-corrected chi connectivity index (χ0v) is 19.9. The second-order valence-corrected chi connectivity index (χ2v) is 9.07. The molecular weight excluding hydrogens is 524 g/mol. The number of nitrogens with zero attached hydrogens (tertiary/aromatic N) is 3. The van der Waals surface area contributed by atoms with Gasteiger partial charge in [-0.15, -0.1) is 11.3 Å². The molecule has 3 heterocycles. The second-order valence-electron chi connectivity index (χ2n) is 8.35. The zero-order valence-electron chi connectivity index (χ0n) is 19.1. The van der Waals surface area contributed by atoms with Crippen molar-refractivity contribution in [2.24, 2.45) is 4.99 Å². The van der Waals surface area contributed by atoms with Crippen LogP contribution in [-0.4, -0.2) is 48.9 Å². The quantitative estimate of drug-likeness (QED) is 0.366. The molecule has 7 nitrogen and oxygen atoms in total. The fourth-order valence-electron chi connectivity index (χ4n) is 3.53. The van der Waals surface area contributed by atoms with Crippen molar-refractivity contribution in [3.63, 3.8) is 0 Å². The lowest BCUT2D eigenvalue weighted by Gasteiger charge is -2.26. The monoisotopic (exact) mass is 545 g/mol. The number of allylic oxidation sites excluding steroid dienone is 1. The fourth-order valence-corrected chi connectivity index (χ4v) is 4.10. The summed E-state index contributed by atoms with van der Waals surface area (Å²) in [6, 6.07) is 0.983. The van der Waals surface area contributed by atoms with Gasteiger partial charge in [0, 0.05) is 42.8 Å². The summed E-state index contributed by atoms with van der Waals surface area (Å²) in [6.45, 7) is 4.45. The molecule has 198 valence electrons. The molecule has 2 atom stereocenters. The van der Waals surface area contributed by atoms with Crippen LogP contribution in [0.25, 0.3) is 0 Å². The lowest BCUT2D eigenvalue weighted by Crippen LogP contribution is -2.45. The van der Waals surface area contributed by atoms with Gasteiger partial charge in [0.05, 0.1) is 46.5 Å². The number of hydrogen-bond acceptors (Lipinski definition) is 7. The Balaban J connectivity index is 1.48. The minimum atomic E-state index is -4.97. The summed E-state index contributed by atoms with van der Waals surface area (Å²) >= 11 is 1.42. The SMILES string of the molecule is C=C1C=NC(CNCC(Cc2cscn2)NC(=O)C2CO2)=CN1c1cc(C(F)(F)F)cc(C(F)(F)F)c1. The van der Waals surface area contributed by atoms with Crippen LogP contribution in [0.1, 0.15) is 16.8 Å². The van der Waals surface area contributed by atoms with Crippen molar-refractivity contribution >= 4 is 29.1 Å². The Hall–Kier alpha value is -3.23. The van der Waals surface area contributed by atoms with E-state index >= 15 is 0 Å². The number of aromatic nitrogens is 1. The van der Waals surface area contributed by atoms with Gasteiger partial charge in [-0.2, -0.15) is 26.3 Å². The lowest BCUT2D eigenvalue weighted by atomic mass is 10.1. The van der Waals surface area contributed by atoms with E-state index in [2.05, 4.69) is 27.2 Å². The number of nitrogens with one attached hydrogen (secondary N) is 2. The smallest absolute Gasteiger partial charge is 0.363 e. The number of epoxide rings is 1. The maximum atomic E-state index is 13.3. The van der Waals surface area contributed by atoms with Gasteiger partial charge in [0.1, 0.15) is 0 Å². The number of hydrogen-bond donors (Lipinski definition) is 2. The van der Waals surface area contributed by atoms with Crippen LogP contribution >= 0.6 is 11.3 Å². The van der Waals surface area contributed by atoms with E-state index in [4.69, 9.17) is 4.74 Å². The molecule has 0 saturated carbocycles. The van der Waals surface area contributed by atoms with Crippen molar-refractivity contribution in [3.05, 3.63) is 70.1 Å². The van der Waals surface area contributed by atoms with E-state index in [0.29, 0.717) is 37.4 Å². The van der Waals surface area contributed by atoms with Gasteiger partial charge >= 0.3 is 12.4 Å². The second kappa shape index (κ2) is 10.6. The number of amides is 1. The standard InChI is InChI=1S/C23H21F6N5O2S/c1-13-6-31-18(8-30-7-16(5-17-11-37-12-32-17)33-21(35)20-10-36-20)9-34(13)19-3-14(22(24,25)26)2-15(4-19)23(27,28)29/h2-4,6,9,11-12,16,20,30H,1,5,7-8,10H2,(H,33,35). The fraction of sp³-hybridized carbons (Fsp3) is 0.348. The largest absolute Gasteiger partial charge is 0.416 e. The van der Waals surface area contributed by atoms with Gasteiger partial charge < -0.3 is 20.3 Å². The highest BCUT2D eigenvalue weighted by Crippen LogP contribution is 2.39. The Morgan fingerprint density at radius 2 is 1.86 bits per heavy atom. The summed E-state index contributed by atoms with van der Waals surface area (Å²) in [5, 5.41) is 7.85. The Morgan fingerprint density at radius 3 is 2.43 bits per heavy atom. The molecular formula is C23H21F6N5O2S. The van der Waals surface area contributed by atoms with Crippen molar-refractivity contribution in [1.82, 2.24) is 15.6 Å². The molecule has 2 aliphatic rings. The summed E-state index contributed by atoms with van der Waals surface area (Å²) in [6.07, 6.45) is -7.41. The zero-order chi connectivity index (χ0) is 26.8. The summed E-state index contributed by atoms with van der Waals surface area (Å²) in [4.78, 5) is 21.7. The highest BCUT2D eigenvalue weighted by Gasteiger charge is 2.37. The summed E-state index contributed by atoms with van der Waals surface area (Å²) < 4.78 is 84.8. The Labute approximate surface area is 211 Å². The Morgan fingerprint density at radius 1 is 1.19 bits per heavy atom. The van der Waals surface area contributed by atoms with Crippen LogP contribution in [0.15, 0.2) is 58.3 Å². The molecule has 0 bridgehead atoms. The van der Waals surface area contributed by atoms with E-state index in [1.807, 2.05) is 5.38 Å². The number of alkyl halides is 6. The molecule has 14 heteroatoms. The molecule has 0 spiro atoms. The highest BCUT2D eigenvalue weighted by atomic mass is 32.1. The van der Waals surface area contributed by atoms with Gasteiger partial charge in [0.2, 0.25) is 0 Å². The normalized spacial score (nSPS) is 18.5. The number of halogens is 6. The van der Waals surface area contributed by atoms with Crippen molar-refractivity contribution in [2.75, 3.05) is 24.6 Å². The van der Waals surface area contributed by atoms with Crippen LogP contribution < -0.4 is 15.5 Å². The molecule has 4 rings (SSSR count).